The minimum atomic E-state index is -2.98. The highest BCUT2D eigenvalue weighted by Gasteiger charge is 2.18. The van der Waals surface area contributed by atoms with Crippen molar-refractivity contribution in [3.8, 4) is 28.3 Å². The molecule has 1 heterocycles. The fourth-order valence-electron chi connectivity index (χ4n) is 3.02. The van der Waals surface area contributed by atoms with Crippen molar-refractivity contribution in [3.05, 3.63) is 84.9 Å². The molecule has 1 amide bonds. The summed E-state index contributed by atoms with van der Waals surface area (Å²) >= 11 is 1.11. The molecular formula is C24H18F2N2O3S. The molecule has 0 radical (unpaired) electrons. The van der Waals surface area contributed by atoms with Crippen LogP contribution in [0.25, 0.3) is 22.6 Å². The molecule has 1 N–H and O–H groups in total. The zero-order valence-electron chi connectivity index (χ0n) is 16.7. The van der Waals surface area contributed by atoms with Gasteiger partial charge in [0, 0.05) is 11.1 Å². The Bertz CT molecular complexity index is 1130. The van der Waals surface area contributed by atoms with Crippen LogP contribution in [-0.2, 0) is 4.79 Å². The number of rotatable bonds is 8. The first-order chi connectivity index (χ1) is 15.6. The number of benzene rings is 3. The second-order valence-electron chi connectivity index (χ2n) is 6.60. The molecule has 1 aromatic heterocycles. The van der Waals surface area contributed by atoms with Gasteiger partial charge in [0.1, 0.15) is 11.4 Å². The number of aromatic nitrogens is 1. The SMILES string of the molecule is O=C(CSc1nc(-c2ccccc2)c(-c2ccccc2)o1)Nc1ccccc1OC(F)F. The van der Waals surface area contributed by atoms with E-state index in [1.165, 1.54) is 12.1 Å². The number of nitrogens with one attached hydrogen (secondary N) is 1. The van der Waals surface area contributed by atoms with Gasteiger partial charge in [0.25, 0.3) is 5.22 Å². The van der Waals surface area contributed by atoms with Crippen LogP contribution in [0.2, 0.25) is 0 Å². The summed E-state index contributed by atoms with van der Waals surface area (Å²) in [5.74, 6) is 0.0811. The van der Waals surface area contributed by atoms with Gasteiger partial charge in [-0.2, -0.15) is 8.78 Å². The van der Waals surface area contributed by atoms with Gasteiger partial charge in [-0.3, -0.25) is 4.79 Å². The predicted molar refractivity (Wildman–Crippen MR) is 120 cm³/mol. The first-order valence-electron chi connectivity index (χ1n) is 9.68. The maximum atomic E-state index is 12.6. The van der Waals surface area contributed by atoms with Gasteiger partial charge in [0.05, 0.1) is 11.4 Å². The fourth-order valence-corrected chi connectivity index (χ4v) is 3.65. The lowest BCUT2D eigenvalue weighted by Gasteiger charge is -2.11. The number of alkyl halides is 2. The van der Waals surface area contributed by atoms with Crippen LogP contribution in [0, 0.1) is 0 Å². The average Bonchev–Trinajstić information content (AvgIpc) is 3.24. The van der Waals surface area contributed by atoms with Gasteiger partial charge in [0.15, 0.2) is 5.76 Å². The number of hydrogen-bond donors (Lipinski definition) is 1. The molecule has 0 saturated carbocycles. The van der Waals surface area contributed by atoms with E-state index in [0.717, 1.165) is 22.9 Å². The van der Waals surface area contributed by atoms with Crippen LogP contribution < -0.4 is 10.1 Å². The normalized spacial score (nSPS) is 10.8. The van der Waals surface area contributed by atoms with Crippen LogP contribution in [-0.4, -0.2) is 23.3 Å². The second kappa shape index (κ2) is 10.1. The topological polar surface area (TPSA) is 64.4 Å². The minimum Gasteiger partial charge on any atom is -0.433 e. The third kappa shape index (κ3) is 5.33. The molecule has 32 heavy (non-hydrogen) atoms. The number of halogens is 2. The number of thioether (sulfide) groups is 1. The van der Waals surface area contributed by atoms with Crippen molar-refractivity contribution in [1.29, 1.82) is 0 Å². The third-order valence-corrected chi connectivity index (χ3v) is 5.22. The van der Waals surface area contributed by atoms with E-state index in [2.05, 4.69) is 15.0 Å². The molecule has 0 aliphatic carbocycles. The van der Waals surface area contributed by atoms with Crippen molar-refractivity contribution in [3.63, 3.8) is 0 Å². The molecule has 162 valence electrons. The largest absolute Gasteiger partial charge is 0.433 e. The highest BCUT2D eigenvalue weighted by atomic mass is 32.2. The van der Waals surface area contributed by atoms with Crippen LogP contribution in [0.4, 0.5) is 14.5 Å². The summed E-state index contributed by atoms with van der Waals surface area (Å²) in [6.45, 7) is -2.98. The number of amides is 1. The molecule has 5 nitrogen and oxygen atoms in total. The van der Waals surface area contributed by atoms with Crippen molar-refractivity contribution in [2.45, 2.75) is 11.8 Å². The van der Waals surface area contributed by atoms with Gasteiger partial charge in [0.2, 0.25) is 5.91 Å². The predicted octanol–water partition coefficient (Wildman–Crippen LogP) is 6.34. The molecule has 0 unspecified atom stereocenters. The van der Waals surface area contributed by atoms with E-state index in [1.54, 1.807) is 12.1 Å². The summed E-state index contributed by atoms with van der Waals surface area (Å²) in [6, 6.07) is 25.2. The molecule has 0 spiro atoms. The van der Waals surface area contributed by atoms with E-state index >= 15 is 0 Å². The molecule has 8 heteroatoms. The maximum Gasteiger partial charge on any atom is 0.387 e. The van der Waals surface area contributed by atoms with Crippen molar-refractivity contribution >= 4 is 23.4 Å². The summed E-state index contributed by atoms with van der Waals surface area (Å²) in [6.07, 6.45) is 0. The standard InChI is InChI=1S/C24H18F2N2O3S/c25-23(26)30-19-14-8-7-13-18(19)27-20(29)15-32-24-28-21(16-9-3-1-4-10-16)22(31-24)17-11-5-2-6-12-17/h1-14,23H,15H2,(H,27,29). The lowest BCUT2D eigenvalue weighted by Crippen LogP contribution is -2.15. The average molecular weight is 452 g/mol. The molecule has 0 fully saturated rings. The fraction of sp³-hybridized carbons (Fsp3) is 0.0833. The van der Waals surface area contributed by atoms with Crippen molar-refractivity contribution in [1.82, 2.24) is 4.98 Å². The zero-order valence-corrected chi connectivity index (χ0v) is 17.5. The molecule has 0 saturated heterocycles. The minimum absolute atomic E-state index is 0.0218. The van der Waals surface area contributed by atoms with E-state index in [4.69, 9.17) is 4.42 Å². The first kappa shape index (κ1) is 21.6. The molecule has 3 aromatic carbocycles. The van der Waals surface area contributed by atoms with Crippen LogP contribution in [0.15, 0.2) is 94.6 Å². The number of oxazole rings is 1. The first-order valence-corrected chi connectivity index (χ1v) is 10.7. The van der Waals surface area contributed by atoms with E-state index in [0.29, 0.717) is 16.7 Å². The highest BCUT2D eigenvalue weighted by molar-refractivity contribution is 7.99. The molecule has 4 rings (SSSR count). The summed E-state index contributed by atoms with van der Waals surface area (Å²) in [4.78, 5) is 17.0. The van der Waals surface area contributed by atoms with E-state index in [9.17, 15) is 13.6 Å². The number of hydrogen-bond acceptors (Lipinski definition) is 5. The Balaban J connectivity index is 1.51. The summed E-state index contributed by atoms with van der Waals surface area (Å²) in [7, 11) is 0. The Hall–Kier alpha value is -3.65. The number of carbonyl (C=O) groups excluding carboxylic acids is 1. The Kier molecular flexibility index (Phi) is 6.81. The molecule has 4 aromatic rings. The Morgan fingerprint density at radius 3 is 2.25 bits per heavy atom. The van der Waals surface area contributed by atoms with Gasteiger partial charge >= 0.3 is 6.61 Å². The van der Waals surface area contributed by atoms with Crippen LogP contribution in [0.5, 0.6) is 5.75 Å². The number of ether oxygens (including phenoxy) is 1. The molecule has 0 bridgehead atoms. The third-order valence-electron chi connectivity index (χ3n) is 4.39. The van der Waals surface area contributed by atoms with Crippen LogP contribution in [0.3, 0.4) is 0 Å². The van der Waals surface area contributed by atoms with Gasteiger partial charge in [-0.25, -0.2) is 4.98 Å². The Morgan fingerprint density at radius 1 is 0.938 bits per heavy atom. The highest BCUT2D eigenvalue weighted by Crippen LogP contribution is 2.35. The second-order valence-corrected chi connectivity index (χ2v) is 7.53. The van der Waals surface area contributed by atoms with Crippen LogP contribution >= 0.6 is 11.8 Å². The van der Waals surface area contributed by atoms with Gasteiger partial charge in [-0.1, -0.05) is 84.6 Å². The van der Waals surface area contributed by atoms with Crippen molar-refractivity contribution in [2.24, 2.45) is 0 Å². The van der Waals surface area contributed by atoms with Gasteiger partial charge < -0.3 is 14.5 Å². The lowest BCUT2D eigenvalue weighted by atomic mass is 10.1. The lowest BCUT2D eigenvalue weighted by molar-refractivity contribution is -0.113. The van der Waals surface area contributed by atoms with Crippen molar-refractivity contribution in [2.75, 3.05) is 11.1 Å². The molecule has 0 aliphatic heterocycles. The quantitative estimate of drug-likeness (QED) is 0.316. The van der Waals surface area contributed by atoms with Crippen LogP contribution in [0.1, 0.15) is 0 Å². The van der Waals surface area contributed by atoms with Gasteiger partial charge in [-0.05, 0) is 12.1 Å². The molecule has 0 atom stereocenters. The number of nitrogens with zero attached hydrogens (tertiary/aromatic N) is 1. The maximum absolute atomic E-state index is 12.6. The summed E-state index contributed by atoms with van der Waals surface area (Å²) in [5, 5.41) is 2.91. The Morgan fingerprint density at radius 2 is 1.56 bits per heavy atom. The number of para-hydroxylation sites is 2. The van der Waals surface area contributed by atoms with E-state index in [1.807, 2.05) is 60.7 Å². The molecule has 0 aliphatic rings. The van der Waals surface area contributed by atoms with E-state index < -0.39 is 12.5 Å². The van der Waals surface area contributed by atoms with E-state index in [-0.39, 0.29) is 17.2 Å². The molecular weight excluding hydrogens is 434 g/mol. The monoisotopic (exact) mass is 452 g/mol. The van der Waals surface area contributed by atoms with Crippen molar-refractivity contribution < 1.29 is 22.7 Å². The smallest absolute Gasteiger partial charge is 0.387 e. The summed E-state index contributed by atoms with van der Waals surface area (Å²) in [5.41, 5.74) is 2.61. The van der Waals surface area contributed by atoms with Gasteiger partial charge in [-0.15, -0.1) is 0 Å². The zero-order chi connectivity index (χ0) is 22.3. The number of anilines is 1. The Labute approximate surface area is 187 Å². The summed E-state index contributed by atoms with van der Waals surface area (Å²) < 4.78 is 35.6. The number of carbonyl (C=O) groups is 1.